The molecule has 0 radical (unpaired) electrons. The monoisotopic (exact) mass is 252 g/mol. The van der Waals surface area contributed by atoms with Crippen molar-refractivity contribution in [3.05, 3.63) is 29.8 Å². The molecule has 0 saturated carbocycles. The zero-order valence-corrected chi connectivity index (χ0v) is 11.0. The van der Waals surface area contributed by atoms with E-state index in [2.05, 4.69) is 5.32 Å². The summed E-state index contributed by atoms with van der Waals surface area (Å²) >= 11 is 0. The van der Waals surface area contributed by atoms with Crippen LogP contribution in [-0.2, 0) is 6.54 Å². The lowest BCUT2D eigenvalue weighted by Crippen LogP contribution is -2.40. The van der Waals surface area contributed by atoms with Crippen LogP contribution in [0.15, 0.2) is 24.3 Å². The molecule has 0 saturated heterocycles. The molecule has 1 rings (SSSR count). The van der Waals surface area contributed by atoms with Crippen LogP contribution in [0.3, 0.4) is 0 Å². The average molecular weight is 252 g/mol. The van der Waals surface area contributed by atoms with Gasteiger partial charge in [0.25, 0.3) is 0 Å². The first kappa shape index (κ1) is 14.3. The molecular formula is C13H20N2O3. The summed E-state index contributed by atoms with van der Waals surface area (Å²) in [6, 6.07) is 7.30. The van der Waals surface area contributed by atoms with Crippen LogP contribution in [0.2, 0.25) is 0 Å². The molecule has 100 valence electrons. The number of likely N-dealkylation sites (N-methyl/N-ethyl adjacent to an activating group) is 1. The average Bonchev–Trinajstić information content (AvgIpc) is 2.35. The Morgan fingerprint density at radius 1 is 1.56 bits per heavy atom. The number of carbonyl (C=O) groups is 1. The van der Waals surface area contributed by atoms with E-state index < -0.39 is 6.10 Å². The van der Waals surface area contributed by atoms with E-state index in [0.29, 0.717) is 13.1 Å². The van der Waals surface area contributed by atoms with Gasteiger partial charge >= 0.3 is 6.03 Å². The number of methoxy groups -OCH3 is 1. The van der Waals surface area contributed by atoms with Crippen LogP contribution in [-0.4, -0.2) is 42.8 Å². The van der Waals surface area contributed by atoms with Gasteiger partial charge < -0.3 is 20.1 Å². The normalized spacial score (nSPS) is 11.8. The zero-order valence-electron chi connectivity index (χ0n) is 11.0. The molecule has 0 aliphatic heterocycles. The number of hydrogen-bond acceptors (Lipinski definition) is 3. The molecule has 0 heterocycles. The molecule has 0 aromatic heterocycles. The lowest BCUT2D eigenvalue weighted by Gasteiger charge is -2.19. The van der Waals surface area contributed by atoms with Gasteiger partial charge in [-0.3, -0.25) is 0 Å². The van der Waals surface area contributed by atoms with Crippen LogP contribution in [0.5, 0.6) is 5.75 Å². The Hall–Kier alpha value is -1.75. The fourth-order valence-corrected chi connectivity index (χ4v) is 1.57. The lowest BCUT2D eigenvalue weighted by molar-refractivity contribution is 0.143. The van der Waals surface area contributed by atoms with E-state index in [-0.39, 0.29) is 6.03 Å². The number of nitrogens with one attached hydrogen (secondary N) is 1. The van der Waals surface area contributed by atoms with Crippen molar-refractivity contribution in [3.63, 3.8) is 0 Å². The first-order valence-electron chi connectivity index (χ1n) is 5.83. The van der Waals surface area contributed by atoms with Crippen LogP contribution in [0.1, 0.15) is 12.5 Å². The van der Waals surface area contributed by atoms with Crippen LogP contribution >= 0.6 is 0 Å². The molecule has 5 nitrogen and oxygen atoms in total. The second-order valence-corrected chi connectivity index (χ2v) is 4.24. The smallest absolute Gasteiger partial charge is 0.317 e. The summed E-state index contributed by atoms with van der Waals surface area (Å²) < 4.78 is 5.11. The Balaban J connectivity index is 2.46. The fraction of sp³-hybridized carbons (Fsp3) is 0.462. The number of aliphatic hydroxyl groups is 1. The Bertz CT molecular complexity index is 394. The third kappa shape index (κ3) is 4.63. The standard InChI is InChI=1S/C13H20N2O3/c1-10(16)9-15(2)13(17)14-8-11-5-4-6-12(7-11)18-3/h4-7,10,16H,8-9H2,1-3H3,(H,14,17). The van der Waals surface area contributed by atoms with Crippen molar-refractivity contribution in [2.75, 3.05) is 20.7 Å². The minimum atomic E-state index is -0.530. The van der Waals surface area contributed by atoms with Gasteiger partial charge in [0.15, 0.2) is 0 Å². The molecule has 0 spiro atoms. The van der Waals surface area contributed by atoms with Crippen LogP contribution in [0.4, 0.5) is 4.79 Å². The van der Waals surface area contributed by atoms with E-state index in [9.17, 15) is 9.90 Å². The highest BCUT2D eigenvalue weighted by Crippen LogP contribution is 2.12. The van der Waals surface area contributed by atoms with Crippen molar-refractivity contribution in [1.82, 2.24) is 10.2 Å². The van der Waals surface area contributed by atoms with Crippen LogP contribution in [0, 0.1) is 0 Å². The van der Waals surface area contributed by atoms with Gasteiger partial charge in [-0.1, -0.05) is 12.1 Å². The van der Waals surface area contributed by atoms with E-state index in [4.69, 9.17) is 4.74 Å². The molecule has 0 bridgehead atoms. The van der Waals surface area contributed by atoms with Gasteiger partial charge in [0, 0.05) is 20.1 Å². The van der Waals surface area contributed by atoms with Gasteiger partial charge in [0.1, 0.15) is 5.75 Å². The van der Waals surface area contributed by atoms with Gasteiger partial charge in [0.05, 0.1) is 13.2 Å². The maximum atomic E-state index is 11.7. The maximum absolute atomic E-state index is 11.7. The van der Waals surface area contributed by atoms with Crippen LogP contribution in [0.25, 0.3) is 0 Å². The van der Waals surface area contributed by atoms with Crippen molar-refractivity contribution in [3.8, 4) is 5.75 Å². The van der Waals surface area contributed by atoms with Crippen molar-refractivity contribution >= 4 is 6.03 Å². The second kappa shape index (κ2) is 6.86. The third-order valence-electron chi connectivity index (χ3n) is 2.46. The molecule has 1 aromatic carbocycles. The Morgan fingerprint density at radius 2 is 2.28 bits per heavy atom. The number of urea groups is 1. The number of nitrogens with zero attached hydrogens (tertiary/aromatic N) is 1. The van der Waals surface area contributed by atoms with Gasteiger partial charge in [-0.05, 0) is 24.6 Å². The van der Waals surface area contributed by atoms with Gasteiger partial charge in [-0.2, -0.15) is 0 Å². The van der Waals surface area contributed by atoms with Gasteiger partial charge in [-0.15, -0.1) is 0 Å². The molecule has 1 atom stereocenters. The number of ether oxygens (including phenoxy) is 1. The highest BCUT2D eigenvalue weighted by Gasteiger charge is 2.10. The number of benzene rings is 1. The molecule has 2 N–H and O–H groups in total. The first-order valence-corrected chi connectivity index (χ1v) is 5.83. The minimum Gasteiger partial charge on any atom is -0.497 e. The molecule has 5 heteroatoms. The number of carbonyl (C=O) groups excluding carboxylic acids is 1. The van der Waals surface area contributed by atoms with Crippen LogP contribution < -0.4 is 10.1 Å². The van der Waals surface area contributed by atoms with Gasteiger partial charge in [-0.25, -0.2) is 4.79 Å². The maximum Gasteiger partial charge on any atom is 0.317 e. The van der Waals surface area contributed by atoms with E-state index >= 15 is 0 Å². The topological polar surface area (TPSA) is 61.8 Å². The van der Waals surface area contributed by atoms with E-state index in [1.807, 2.05) is 24.3 Å². The highest BCUT2D eigenvalue weighted by molar-refractivity contribution is 5.73. The number of rotatable bonds is 5. The predicted octanol–water partition coefficient (Wildman–Crippen LogP) is 1.22. The van der Waals surface area contributed by atoms with E-state index in [0.717, 1.165) is 11.3 Å². The number of hydrogen-bond donors (Lipinski definition) is 2. The molecule has 0 aliphatic carbocycles. The van der Waals surface area contributed by atoms with Gasteiger partial charge in [0.2, 0.25) is 0 Å². The largest absolute Gasteiger partial charge is 0.497 e. The minimum absolute atomic E-state index is 0.210. The summed E-state index contributed by atoms with van der Waals surface area (Å²) in [6.07, 6.45) is -0.530. The quantitative estimate of drug-likeness (QED) is 0.828. The number of aliphatic hydroxyl groups excluding tert-OH is 1. The van der Waals surface area contributed by atoms with Crippen molar-refractivity contribution in [2.45, 2.75) is 19.6 Å². The number of amides is 2. The Morgan fingerprint density at radius 3 is 2.89 bits per heavy atom. The van der Waals surface area contributed by atoms with E-state index in [1.165, 1.54) is 4.90 Å². The molecule has 0 aliphatic rings. The lowest BCUT2D eigenvalue weighted by atomic mass is 10.2. The SMILES string of the molecule is COc1cccc(CNC(=O)N(C)CC(C)O)c1. The summed E-state index contributed by atoms with van der Waals surface area (Å²) in [6.45, 7) is 2.38. The summed E-state index contributed by atoms with van der Waals surface area (Å²) in [5.74, 6) is 0.763. The Labute approximate surface area is 107 Å². The predicted molar refractivity (Wildman–Crippen MR) is 69.5 cm³/mol. The highest BCUT2D eigenvalue weighted by atomic mass is 16.5. The van der Waals surface area contributed by atoms with Crippen molar-refractivity contribution in [1.29, 1.82) is 0 Å². The summed E-state index contributed by atoms with van der Waals surface area (Å²) in [7, 11) is 3.25. The Kier molecular flexibility index (Phi) is 5.45. The summed E-state index contributed by atoms with van der Waals surface area (Å²) in [4.78, 5) is 13.1. The molecule has 18 heavy (non-hydrogen) atoms. The molecular weight excluding hydrogens is 232 g/mol. The fourth-order valence-electron chi connectivity index (χ4n) is 1.57. The summed E-state index contributed by atoms with van der Waals surface area (Å²) in [5, 5.41) is 12.0. The molecule has 2 amide bonds. The molecule has 1 unspecified atom stereocenters. The van der Waals surface area contributed by atoms with Crippen molar-refractivity contribution < 1.29 is 14.6 Å². The summed E-state index contributed by atoms with van der Waals surface area (Å²) in [5.41, 5.74) is 0.966. The van der Waals surface area contributed by atoms with E-state index in [1.54, 1.807) is 21.1 Å². The zero-order chi connectivity index (χ0) is 13.5. The first-order chi connectivity index (χ1) is 8.52. The molecule has 0 fully saturated rings. The molecule has 1 aromatic rings. The third-order valence-corrected chi connectivity index (χ3v) is 2.46. The second-order valence-electron chi connectivity index (χ2n) is 4.24. The van der Waals surface area contributed by atoms with Crippen molar-refractivity contribution in [2.24, 2.45) is 0 Å².